The Morgan fingerprint density at radius 1 is 1.30 bits per heavy atom. The number of nitrogens with two attached hydrogens (primary N) is 1. The standard InChI is InChI=1S/C20H18N6O3S/c1-10-3-4-11(7-12(10)17-24-15-16(21)22-9-23-18(15)30-17)13-8-14(29-25-13)20(28)5-6-26(2)19(20)27/h3-4,7-9,28H,5-6H2,1-2H3,(H2,21,22,23)/t20-/m1/s1. The highest BCUT2D eigenvalue weighted by Gasteiger charge is 2.48. The fourth-order valence-corrected chi connectivity index (χ4v) is 4.58. The van der Waals surface area contributed by atoms with Crippen molar-refractivity contribution in [3.63, 3.8) is 0 Å². The number of likely N-dealkylation sites (tertiary alicyclic amines) is 1. The predicted molar refractivity (Wildman–Crippen MR) is 111 cm³/mol. The van der Waals surface area contributed by atoms with E-state index in [2.05, 4.69) is 20.1 Å². The van der Waals surface area contributed by atoms with Gasteiger partial charge in [-0.1, -0.05) is 28.6 Å². The molecular formula is C20H18N6O3S. The first-order valence-electron chi connectivity index (χ1n) is 9.30. The molecule has 1 aliphatic heterocycles. The van der Waals surface area contributed by atoms with E-state index in [9.17, 15) is 9.90 Å². The lowest BCUT2D eigenvalue weighted by molar-refractivity contribution is -0.144. The van der Waals surface area contributed by atoms with Crippen LogP contribution in [0.1, 0.15) is 17.7 Å². The van der Waals surface area contributed by atoms with Crippen molar-refractivity contribution in [1.29, 1.82) is 0 Å². The summed E-state index contributed by atoms with van der Waals surface area (Å²) in [5, 5.41) is 15.6. The maximum absolute atomic E-state index is 12.3. The largest absolute Gasteiger partial charge is 0.382 e. The van der Waals surface area contributed by atoms with Gasteiger partial charge in [0, 0.05) is 37.2 Å². The summed E-state index contributed by atoms with van der Waals surface area (Å²) in [6.07, 6.45) is 1.69. The number of hydrogen-bond donors (Lipinski definition) is 2. The summed E-state index contributed by atoms with van der Waals surface area (Å²) in [5.74, 6) is 0.108. The molecule has 0 saturated carbocycles. The number of nitrogen functional groups attached to an aromatic ring is 1. The van der Waals surface area contributed by atoms with E-state index in [0.29, 0.717) is 23.6 Å². The first-order chi connectivity index (χ1) is 14.4. The molecule has 1 aromatic carbocycles. The number of thiazole rings is 1. The van der Waals surface area contributed by atoms with Gasteiger partial charge < -0.3 is 20.3 Å². The van der Waals surface area contributed by atoms with Gasteiger partial charge in [0.1, 0.15) is 27.4 Å². The Balaban J connectivity index is 1.55. The van der Waals surface area contributed by atoms with Gasteiger partial charge in [0.05, 0.1) is 0 Å². The zero-order valence-corrected chi connectivity index (χ0v) is 17.1. The van der Waals surface area contributed by atoms with Gasteiger partial charge in [0.25, 0.3) is 5.91 Å². The van der Waals surface area contributed by atoms with Gasteiger partial charge in [-0.15, -0.1) is 0 Å². The van der Waals surface area contributed by atoms with Crippen LogP contribution in [0.4, 0.5) is 5.82 Å². The Labute approximate surface area is 175 Å². The minimum absolute atomic E-state index is 0.150. The minimum Gasteiger partial charge on any atom is -0.382 e. The van der Waals surface area contributed by atoms with Crippen molar-refractivity contribution in [1.82, 2.24) is 25.0 Å². The molecule has 10 heteroatoms. The Hall–Kier alpha value is -3.37. The van der Waals surface area contributed by atoms with Crippen LogP contribution in [0.5, 0.6) is 0 Å². The fraction of sp³-hybridized carbons (Fsp3) is 0.250. The molecule has 1 amide bonds. The molecular weight excluding hydrogens is 404 g/mol. The Morgan fingerprint density at radius 3 is 2.87 bits per heavy atom. The van der Waals surface area contributed by atoms with Crippen LogP contribution in [-0.4, -0.2) is 49.6 Å². The van der Waals surface area contributed by atoms with Crippen LogP contribution < -0.4 is 5.73 Å². The summed E-state index contributed by atoms with van der Waals surface area (Å²) >= 11 is 1.43. The number of hydrogen-bond acceptors (Lipinski definition) is 9. The average molecular weight is 422 g/mol. The monoisotopic (exact) mass is 422 g/mol. The summed E-state index contributed by atoms with van der Waals surface area (Å²) < 4.78 is 5.37. The third-order valence-corrected chi connectivity index (χ3v) is 6.41. The number of carbonyl (C=O) groups is 1. The number of nitrogens with zero attached hydrogens (tertiary/aromatic N) is 5. The molecule has 152 valence electrons. The summed E-state index contributed by atoms with van der Waals surface area (Å²) in [6, 6.07) is 7.44. The topological polar surface area (TPSA) is 131 Å². The molecule has 3 N–H and O–H groups in total. The molecule has 0 unspecified atom stereocenters. The summed E-state index contributed by atoms with van der Waals surface area (Å²) in [5.41, 5.74) is 8.08. The van der Waals surface area contributed by atoms with Crippen molar-refractivity contribution >= 4 is 33.4 Å². The molecule has 5 rings (SSSR count). The van der Waals surface area contributed by atoms with Crippen LogP contribution in [-0.2, 0) is 10.4 Å². The number of amides is 1. The second-order valence-corrected chi connectivity index (χ2v) is 8.35. The van der Waals surface area contributed by atoms with Gasteiger partial charge in [-0.25, -0.2) is 15.0 Å². The molecule has 30 heavy (non-hydrogen) atoms. The first-order valence-corrected chi connectivity index (χ1v) is 10.1. The Bertz CT molecular complexity index is 1300. The SMILES string of the molecule is Cc1ccc(-c2cc([C@]3(O)CCN(C)C3=O)on2)cc1-c1nc2c(N)ncnc2s1. The quantitative estimate of drug-likeness (QED) is 0.514. The summed E-state index contributed by atoms with van der Waals surface area (Å²) in [6.45, 7) is 2.45. The lowest BCUT2D eigenvalue weighted by Crippen LogP contribution is -2.35. The number of aromatic nitrogens is 4. The molecule has 0 spiro atoms. The number of aliphatic hydroxyl groups is 1. The molecule has 4 heterocycles. The van der Waals surface area contributed by atoms with Crippen molar-refractivity contribution in [2.24, 2.45) is 0 Å². The van der Waals surface area contributed by atoms with Gasteiger partial charge >= 0.3 is 0 Å². The van der Waals surface area contributed by atoms with Gasteiger partial charge in [0.15, 0.2) is 11.6 Å². The minimum atomic E-state index is -1.67. The molecule has 4 aromatic rings. The van der Waals surface area contributed by atoms with Crippen LogP contribution >= 0.6 is 11.3 Å². The predicted octanol–water partition coefficient (Wildman–Crippen LogP) is 2.35. The number of aryl methyl sites for hydroxylation is 1. The number of likely N-dealkylation sites (N-methyl/N-ethyl adjacent to an activating group) is 1. The average Bonchev–Trinajstić information content (AvgIpc) is 3.45. The number of benzene rings is 1. The van der Waals surface area contributed by atoms with E-state index in [1.54, 1.807) is 13.1 Å². The van der Waals surface area contributed by atoms with E-state index < -0.39 is 5.60 Å². The zero-order chi connectivity index (χ0) is 21.0. The van der Waals surface area contributed by atoms with Crippen LogP contribution in [0.2, 0.25) is 0 Å². The van der Waals surface area contributed by atoms with E-state index in [0.717, 1.165) is 26.5 Å². The van der Waals surface area contributed by atoms with E-state index in [-0.39, 0.29) is 18.1 Å². The zero-order valence-electron chi connectivity index (χ0n) is 16.3. The number of carbonyl (C=O) groups excluding carboxylic acids is 1. The molecule has 3 aromatic heterocycles. The maximum atomic E-state index is 12.3. The lowest BCUT2D eigenvalue weighted by atomic mass is 9.97. The number of fused-ring (bicyclic) bond motifs is 1. The van der Waals surface area contributed by atoms with Gasteiger partial charge in [-0.05, 0) is 18.6 Å². The second kappa shape index (κ2) is 6.57. The third-order valence-electron chi connectivity index (χ3n) is 5.41. The molecule has 0 radical (unpaired) electrons. The van der Waals surface area contributed by atoms with E-state index in [4.69, 9.17) is 10.3 Å². The summed E-state index contributed by atoms with van der Waals surface area (Å²) in [4.78, 5) is 27.4. The van der Waals surface area contributed by atoms with Crippen molar-refractivity contribution in [2.75, 3.05) is 19.3 Å². The number of anilines is 1. The van der Waals surface area contributed by atoms with E-state index in [1.807, 2.05) is 25.1 Å². The highest BCUT2D eigenvalue weighted by molar-refractivity contribution is 7.21. The lowest BCUT2D eigenvalue weighted by Gasteiger charge is -2.16. The third kappa shape index (κ3) is 2.76. The molecule has 0 aliphatic carbocycles. The first kappa shape index (κ1) is 18.6. The highest BCUT2D eigenvalue weighted by atomic mass is 32.1. The smallest absolute Gasteiger partial charge is 0.262 e. The van der Waals surface area contributed by atoms with E-state index in [1.165, 1.54) is 22.6 Å². The fourth-order valence-electron chi connectivity index (χ4n) is 3.59. The van der Waals surface area contributed by atoms with Gasteiger partial charge in [0.2, 0.25) is 5.60 Å². The molecule has 0 bridgehead atoms. The van der Waals surface area contributed by atoms with E-state index >= 15 is 0 Å². The van der Waals surface area contributed by atoms with Crippen LogP contribution in [0.25, 0.3) is 32.2 Å². The Kier molecular flexibility index (Phi) is 4.09. The molecule has 1 fully saturated rings. The summed E-state index contributed by atoms with van der Waals surface area (Å²) in [7, 11) is 1.65. The van der Waals surface area contributed by atoms with Crippen molar-refractivity contribution in [3.8, 4) is 21.8 Å². The van der Waals surface area contributed by atoms with Crippen LogP contribution in [0, 0.1) is 6.92 Å². The second-order valence-electron chi connectivity index (χ2n) is 7.37. The molecule has 9 nitrogen and oxygen atoms in total. The van der Waals surface area contributed by atoms with Crippen molar-refractivity contribution < 1.29 is 14.4 Å². The van der Waals surface area contributed by atoms with Gasteiger partial charge in [-0.2, -0.15) is 0 Å². The normalized spacial score (nSPS) is 19.2. The van der Waals surface area contributed by atoms with Crippen LogP contribution in [0.15, 0.2) is 35.1 Å². The molecule has 1 saturated heterocycles. The number of rotatable bonds is 3. The van der Waals surface area contributed by atoms with Crippen molar-refractivity contribution in [3.05, 3.63) is 41.9 Å². The molecule has 1 aliphatic rings. The Morgan fingerprint density at radius 2 is 2.13 bits per heavy atom. The maximum Gasteiger partial charge on any atom is 0.262 e. The molecule has 1 atom stereocenters. The van der Waals surface area contributed by atoms with Gasteiger partial charge in [-0.3, -0.25) is 4.79 Å². The van der Waals surface area contributed by atoms with Crippen molar-refractivity contribution in [2.45, 2.75) is 18.9 Å². The van der Waals surface area contributed by atoms with Crippen LogP contribution in [0.3, 0.4) is 0 Å². The highest BCUT2D eigenvalue weighted by Crippen LogP contribution is 2.37.